The molecule has 0 unspecified atom stereocenters. The van der Waals surface area contributed by atoms with Crippen LogP contribution in [0.15, 0.2) is 35.4 Å². The number of ether oxygens (including phenoxy) is 1. The monoisotopic (exact) mass is 414 g/mol. The lowest BCUT2D eigenvalue weighted by Crippen LogP contribution is -2.28. The highest BCUT2D eigenvalue weighted by Crippen LogP contribution is 2.27. The molecule has 0 aliphatic rings. The molecular formula is C19H16N3O6S-. The number of anilines is 1. The fraction of sp³-hybridized carbons (Fsp3) is 0.211. The van der Waals surface area contributed by atoms with Gasteiger partial charge in [-0.1, -0.05) is 12.1 Å². The summed E-state index contributed by atoms with van der Waals surface area (Å²) in [5.41, 5.74) is 0.175. The van der Waals surface area contributed by atoms with Gasteiger partial charge < -0.3 is 20.0 Å². The van der Waals surface area contributed by atoms with Crippen LogP contribution >= 0.6 is 11.3 Å². The summed E-state index contributed by atoms with van der Waals surface area (Å²) in [5.74, 6) is -2.43. The molecule has 1 amide bonds. The summed E-state index contributed by atoms with van der Waals surface area (Å²) in [4.78, 5) is 52.9. The number of hydrogen-bond acceptors (Lipinski definition) is 8. The number of thiophene rings is 1. The van der Waals surface area contributed by atoms with Gasteiger partial charge in [0.05, 0.1) is 24.3 Å². The van der Waals surface area contributed by atoms with Crippen molar-refractivity contribution in [1.82, 2.24) is 9.55 Å². The summed E-state index contributed by atoms with van der Waals surface area (Å²) in [6.45, 7) is 3.20. The van der Waals surface area contributed by atoms with Crippen LogP contribution in [0, 0.1) is 6.92 Å². The van der Waals surface area contributed by atoms with Crippen molar-refractivity contribution in [3.05, 3.63) is 57.0 Å². The second kappa shape index (κ2) is 8.23. The van der Waals surface area contributed by atoms with Crippen LogP contribution in [-0.2, 0) is 16.1 Å². The van der Waals surface area contributed by atoms with Crippen molar-refractivity contribution in [1.29, 1.82) is 0 Å². The van der Waals surface area contributed by atoms with Crippen molar-refractivity contribution in [3.8, 4) is 0 Å². The molecule has 0 spiro atoms. The molecule has 1 N–H and O–H groups in total. The molecular weight excluding hydrogens is 398 g/mol. The van der Waals surface area contributed by atoms with E-state index in [2.05, 4.69) is 10.3 Å². The Morgan fingerprint density at radius 1 is 1.31 bits per heavy atom. The van der Waals surface area contributed by atoms with Crippen LogP contribution in [0.25, 0.3) is 10.2 Å². The number of rotatable bonds is 6. The first-order chi connectivity index (χ1) is 13.8. The first kappa shape index (κ1) is 20.2. The number of nitrogens with zero attached hydrogens (tertiary/aromatic N) is 2. The average Bonchev–Trinajstić information content (AvgIpc) is 3.02. The Morgan fingerprint density at radius 2 is 2.07 bits per heavy atom. The molecule has 0 aliphatic carbocycles. The smallest absolute Gasteiger partial charge is 0.348 e. The van der Waals surface area contributed by atoms with Crippen LogP contribution in [0.1, 0.15) is 32.5 Å². The van der Waals surface area contributed by atoms with E-state index in [4.69, 9.17) is 4.74 Å². The Balaban J connectivity index is 1.86. The normalized spacial score (nSPS) is 10.7. The molecule has 0 saturated carbocycles. The van der Waals surface area contributed by atoms with E-state index in [0.717, 1.165) is 15.9 Å². The second-order valence-corrected chi connectivity index (χ2v) is 7.05. The maximum atomic E-state index is 12.8. The molecule has 0 fully saturated rings. The fourth-order valence-corrected chi connectivity index (χ4v) is 3.78. The van der Waals surface area contributed by atoms with Crippen molar-refractivity contribution in [2.24, 2.45) is 0 Å². The van der Waals surface area contributed by atoms with E-state index in [1.54, 1.807) is 13.8 Å². The van der Waals surface area contributed by atoms with E-state index in [-0.39, 0.29) is 29.8 Å². The molecule has 0 radical (unpaired) electrons. The molecule has 1 aromatic carbocycles. The number of carbonyl (C=O) groups excluding carboxylic acids is 3. The minimum Gasteiger partial charge on any atom is -0.545 e. The number of carbonyl (C=O) groups is 3. The highest BCUT2D eigenvalue weighted by molar-refractivity contribution is 7.20. The quantitative estimate of drug-likeness (QED) is 0.594. The Hall–Kier alpha value is -3.53. The summed E-state index contributed by atoms with van der Waals surface area (Å²) in [5, 5.41) is 13.7. The molecule has 0 saturated heterocycles. The maximum absolute atomic E-state index is 12.8. The molecule has 29 heavy (non-hydrogen) atoms. The fourth-order valence-electron chi connectivity index (χ4n) is 2.74. The zero-order valence-electron chi connectivity index (χ0n) is 15.6. The summed E-state index contributed by atoms with van der Waals surface area (Å²) in [7, 11) is 0. The second-order valence-electron chi connectivity index (χ2n) is 6.05. The van der Waals surface area contributed by atoms with Gasteiger partial charge in [-0.25, -0.2) is 9.78 Å². The zero-order chi connectivity index (χ0) is 21.1. The third-order valence-corrected chi connectivity index (χ3v) is 5.25. The van der Waals surface area contributed by atoms with Gasteiger partial charge in [0, 0.05) is 5.69 Å². The highest BCUT2D eigenvalue weighted by Gasteiger charge is 2.20. The predicted molar refractivity (Wildman–Crippen MR) is 104 cm³/mol. The van der Waals surface area contributed by atoms with Crippen LogP contribution in [0.5, 0.6) is 0 Å². The topological polar surface area (TPSA) is 130 Å². The SMILES string of the molecule is CCOC(=O)c1sc2ncn(CC(=O)Nc3cccc(C(=O)[O-])c3)c(=O)c2c1C. The number of carboxylic acids is 1. The van der Waals surface area contributed by atoms with Gasteiger partial charge in [-0.3, -0.25) is 14.2 Å². The lowest BCUT2D eigenvalue weighted by molar-refractivity contribution is -0.255. The van der Waals surface area contributed by atoms with E-state index in [1.807, 2.05) is 0 Å². The Bertz CT molecular complexity index is 1180. The summed E-state index contributed by atoms with van der Waals surface area (Å²) < 4.78 is 6.11. The molecule has 3 aromatic rings. The van der Waals surface area contributed by atoms with Crippen molar-refractivity contribution in [3.63, 3.8) is 0 Å². The Labute approximate surface area is 168 Å². The number of hydrogen-bond donors (Lipinski definition) is 1. The Kier molecular flexibility index (Phi) is 5.74. The van der Waals surface area contributed by atoms with Gasteiger partial charge in [-0.15, -0.1) is 11.3 Å². The number of aryl methyl sites for hydroxylation is 1. The summed E-state index contributed by atoms with van der Waals surface area (Å²) >= 11 is 1.06. The van der Waals surface area contributed by atoms with E-state index in [0.29, 0.717) is 15.3 Å². The van der Waals surface area contributed by atoms with Gasteiger partial charge in [0.25, 0.3) is 5.56 Å². The first-order valence-electron chi connectivity index (χ1n) is 8.58. The number of amides is 1. The third kappa shape index (κ3) is 4.16. The van der Waals surface area contributed by atoms with Crippen LogP contribution in [0.2, 0.25) is 0 Å². The minimum absolute atomic E-state index is 0.0801. The molecule has 2 heterocycles. The number of fused-ring (bicyclic) bond motifs is 1. The number of esters is 1. The number of nitrogens with one attached hydrogen (secondary N) is 1. The van der Waals surface area contributed by atoms with Crippen molar-refractivity contribution in [2.45, 2.75) is 20.4 Å². The summed E-state index contributed by atoms with van der Waals surface area (Å²) in [6, 6.07) is 5.58. The minimum atomic E-state index is -1.36. The highest BCUT2D eigenvalue weighted by atomic mass is 32.1. The number of aromatic carboxylic acids is 1. The van der Waals surface area contributed by atoms with Gasteiger partial charge in [-0.05, 0) is 37.1 Å². The lowest BCUT2D eigenvalue weighted by Gasteiger charge is -2.09. The lowest BCUT2D eigenvalue weighted by atomic mass is 10.2. The molecule has 0 atom stereocenters. The molecule has 2 aromatic heterocycles. The van der Waals surface area contributed by atoms with Crippen molar-refractivity contribution < 1.29 is 24.2 Å². The van der Waals surface area contributed by atoms with Crippen LogP contribution in [0.3, 0.4) is 0 Å². The van der Waals surface area contributed by atoms with Crippen molar-refractivity contribution in [2.75, 3.05) is 11.9 Å². The van der Waals surface area contributed by atoms with Gasteiger partial charge in [-0.2, -0.15) is 0 Å². The van der Waals surface area contributed by atoms with Crippen molar-refractivity contribution >= 4 is 45.1 Å². The molecule has 10 heteroatoms. The molecule has 0 aliphatic heterocycles. The first-order valence-corrected chi connectivity index (χ1v) is 9.40. The number of carboxylic acid groups (broad SMARTS) is 1. The maximum Gasteiger partial charge on any atom is 0.348 e. The molecule has 9 nitrogen and oxygen atoms in total. The van der Waals surface area contributed by atoms with Crippen LogP contribution in [0.4, 0.5) is 5.69 Å². The van der Waals surface area contributed by atoms with Crippen LogP contribution in [-0.4, -0.2) is 34.0 Å². The van der Waals surface area contributed by atoms with Gasteiger partial charge in [0.15, 0.2) is 0 Å². The van der Waals surface area contributed by atoms with E-state index in [1.165, 1.54) is 30.6 Å². The number of aromatic nitrogens is 2. The predicted octanol–water partition coefficient (Wildman–Crippen LogP) is 0.945. The molecule has 0 bridgehead atoms. The summed E-state index contributed by atoms with van der Waals surface area (Å²) in [6.07, 6.45) is 1.23. The molecule has 3 rings (SSSR count). The van der Waals surface area contributed by atoms with E-state index < -0.39 is 23.4 Å². The largest absolute Gasteiger partial charge is 0.545 e. The van der Waals surface area contributed by atoms with Gasteiger partial charge in [0.2, 0.25) is 5.91 Å². The van der Waals surface area contributed by atoms with Gasteiger partial charge >= 0.3 is 5.97 Å². The molecule has 150 valence electrons. The van der Waals surface area contributed by atoms with Gasteiger partial charge in [0.1, 0.15) is 16.3 Å². The average molecular weight is 414 g/mol. The van der Waals surface area contributed by atoms with E-state index in [9.17, 15) is 24.3 Å². The zero-order valence-corrected chi connectivity index (χ0v) is 16.4. The third-order valence-electron chi connectivity index (χ3n) is 4.07. The standard InChI is InChI=1S/C19H17N3O6S/c1-3-28-19(27)15-10(2)14-16(29-15)20-9-22(17(14)24)8-13(23)21-12-6-4-5-11(7-12)18(25)26/h4-7,9H,3,8H2,1-2H3,(H,21,23)(H,25,26)/p-1. The number of benzene rings is 1. The van der Waals surface area contributed by atoms with E-state index >= 15 is 0 Å². The Morgan fingerprint density at radius 3 is 2.76 bits per heavy atom. The van der Waals surface area contributed by atoms with Crippen LogP contribution < -0.4 is 16.0 Å².